The monoisotopic (exact) mass is 958 g/mol. The number of hydrogen-bond acceptors (Lipinski definition) is 13. The van der Waals surface area contributed by atoms with Gasteiger partial charge in [-0.3, -0.25) is 18.7 Å². The number of fused-ring (bicyclic) bond motifs is 2. The van der Waals surface area contributed by atoms with E-state index in [0.29, 0.717) is 49.7 Å². The first-order valence-corrected chi connectivity index (χ1v) is 25.1. The topological polar surface area (TPSA) is 249 Å². The molecule has 0 saturated carbocycles. The number of benzene rings is 2. The first-order chi connectivity index (χ1) is 29.7. The summed E-state index contributed by atoms with van der Waals surface area (Å²) in [6.07, 6.45) is 9.07. The van der Waals surface area contributed by atoms with Crippen LogP contribution in [0.5, 0.6) is 0 Å². The molecule has 4 heterocycles. The average Bonchev–Trinajstić information content (AvgIpc) is 3.72. The molecule has 0 aliphatic carbocycles. The molecule has 21 heteroatoms. The Morgan fingerprint density at radius 1 is 0.922 bits per heavy atom. The zero-order valence-corrected chi connectivity index (χ0v) is 38.6. The lowest BCUT2D eigenvalue weighted by molar-refractivity contribution is -0.684. The van der Waals surface area contributed by atoms with Crippen LogP contribution in [-0.4, -0.2) is 85.5 Å². The molecule has 2 amide bonds. The maximum atomic E-state index is 12.5. The fraction of sp³-hybridized carbons (Fsp3) is 0.372. The van der Waals surface area contributed by atoms with Crippen LogP contribution >= 0.6 is 11.6 Å². The van der Waals surface area contributed by atoms with Gasteiger partial charge < -0.3 is 14.3 Å². The number of aliphatic imine (C=N–C) groups is 1. The summed E-state index contributed by atoms with van der Waals surface area (Å²) in [6.45, 7) is 7.91. The molecule has 3 aliphatic rings. The van der Waals surface area contributed by atoms with Crippen molar-refractivity contribution in [2.75, 3.05) is 23.0 Å². The van der Waals surface area contributed by atoms with Gasteiger partial charge in [-0.15, -0.1) is 5.06 Å². The number of halogens is 1. The normalized spacial score (nSPS) is 18.0. The van der Waals surface area contributed by atoms with Crippen LogP contribution in [0.15, 0.2) is 94.6 Å². The van der Waals surface area contributed by atoms with Crippen molar-refractivity contribution in [2.45, 2.75) is 88.5 Å². The molecule has 1 fully saturated rings. The number of hydroxylamine groups is 2. The molecule has 1 aromatic heterocycles. The van der Waals surface area contributed by atoms with Crippen molar-refractivity contribution in [2.24, 2.45) is 4.99 Å². The Labute approximate surface area is 377 Å². The number of amides is 2. The largest absolute Gasteiger partial charge is 0.748 e. The average molecular weight is 960 g/mol. The van der Waals surface area contributed by atoms with E-state index in [2.05, 4.69) is 0 Å². The number of carbonyl (C=O) groups excluding carboxylic acids is 3. The van der Waals surface area contributed by atoms with E-state index in [4.69, 9.17) is 21.4 Å². The number of pyridine rings is 1. The van der Waals surface area contributed by atoms with Crippen LogP contribution in [0.4, 0.5) is 11.5 Å². The molecule has 3 aromatic rings. The second-order valence-electron chi connectivity index (χ2n) is 16.6. The van der Waals surface area contributed by atoms with E-state index in [9.17, 15) is 53.3 Å². The van der Waals surface area contributed by atoms with Gasteiger partial charge in [-0.2, -0.15) is 16.8 Å². The number of aryl methyl sites for hydroxylation is 2. The minimum atomic E-state index is -4.57. The standard InChI is InChI=1S/C43H47ClN4O13S3/c1-42(2)34-25-31(44)27-46(21-5-23-62(52,53)54)41(34)45-36(42)16-12-30(29-10-7-28(8-11-29)9-20-40(51)61-48-38(49)18-19-39(48)50)13-17-37-43(3,4)33-26-32(64(58,59)60)14-15-35(33)47(37)22-6-24-63(55,56)57/h7-8,10-17,25-27H,5-6,9,18-24H2,1-4H3,(H2-,52,53,54,55,56,57,58,59,60). The van der Waals surface area contributed by atoms with Gasteiger partial charge >= 0.3 is 11.8 Å². The van der Waals surface area contributed by atoms with Crippen molar-refractivity contribution < 1.29 is 62.7 Å². The number of hydrogen-bond donors (Lipinski definition) is 2. The van der Waals surface area contributed by atoms with E-state index in [1.807, 2.05) is 69.0 Å². The van der Waals surface area contributed by atoms with Gasteiger partial charge in [0.05, 0.1) is 49.7 Å². The molecule has 2 aromatic carbocycles. The minimum absolute atomic E-state index is 0.0219. The van der Waals surface area contributed by atoms with Gasteiger partial charge in [0.15, 0.2) is 5.71 Å². The summed E-state index contributed by atoms with van der Waals surface area (Å²) in [4.78, 5) is 47.8. The fourth-order valence-corrected chi connectivity index (χ4v) is 9.58. The van der Waals surface area contributed by atoms with E-state index >= 15 is 0 Å². The molecule has 0 atom stereocenters. The summed E-state index contributed by atoms with van der Waals surface area (Å²) in [5.74, 6) is -2.44. The smallest absolute Gasteiger partial charge is 0.333 e. The zero-order valence-electron chi connectivity index (χ0n) is 35.4. The highest BCUT2D eigenvalue weighted by molar-refractivity contribution is 7.86. The molecule has 1 saturated heterocycles. The number of anilines is 1. The molecule has 342 valence electrons. The van der Waals surface area contributed by atoms with Crippen molar-refractivity contribution in [1.29, 1.82) is 0 Å². The Morgan fingerprint density at radius 3 is 2.22 bits per heavy atom. The lowest BCUT2D eigenvalue weighted by atomic mass is 9.81. The third-order valence-corrected chi connectivity index (χ3v) is 13.9. The number of allylic oxidation sites excluding steroid dienone is 6. The van der Waals surface area contributed by atoms with Crippen LogP contribution in [0.1, 0.15) is 82.1 Å². The number of rotatable bonds is 17. The van der Waals surface area contributed by atoms with E-state index in [0.717, 1.165) is 11.1 Å². The SMILES string of the molecule is CC1(C)C(/C=C/C(=C/C=C2/N(CCCS(=O)(=O)O)c3ccc(S(=O)(=O)O)cc3C2(C)C)c2ccc(CCC(=O)ON3C(=O)CCC3=O)cc2)=Nc2c1cc(Cl)c[n+]2CCCS(=O)(=O)[O-]. The van der Waals surface area contributed by atoms with Crippen LogP contribution in [0.3, 0.4) is 0 Å². The lowest BCUT2D eigenvalue weighted by Gasteiger charge is -2.27. The molecular formula is C43H47ClN4O13S3. The van der Waals surface area contributed by atoms with E-state index in [-0.39, 0.29) is 56.5 Å². The summed E-state index contributed by atoms with van der Waals surface area (Å²) in [7, 11) is -13.3. The van der Waals surface area contributed by atoms with Gasteiger partial charge in [0.2, 0.25) is 0 Å². The predicted octanol–water partition coefficient (Wildman–Crippen LogP) is 5.31. The van der Waals surface area contributed by atoms with Crippen LogP contribution in [0, 0.1) is 0 Å². The zero-order chi connectivity index (χ0) is 47.0. The maximum Gasteiger partial charge on any atom is 0.333 e. The van der Waals surface area contributed by atoms with Gasteiger partial charge in [-0.25, -0.2) is 17.8 Å². The third kappa shape index (κ3) is 11.2. The van der Waals surface area contributed by atoms with Crippen LogP contribution < -0.4 is 9.47 Å². The molecule has 64 heavy (non-hydrogen) atoms. The second-order valence-corrected chi connectivity index (χ2v) is 21.6. The first-order valence-electron chi connectivity index (χ1n) is 20.1. The summed E-state index contributed by atoms with van der Waals surface area (Å²) in [5.41, 5.74) is 3.67. The second kappa shape index (κ2) is 18.4. The van der Waals surface area contributed by atoms with Crippen molar-refractivity contribution >= 4 is 82.5 Å². The van der Waals surface area contributed by atoms with E-state index < -0.39 is 70.5 Å². The van der Waals surface area contributed by atoms with Crippen LogP contribution in [0.2, 0.25) is 5.02 Å². The Bertz CT molecular complexity index is 2850. The van der Waals surface area contributed by atoms with Gasteiger partial charge in [0, 0.05) is 41.9 Å². The van der Waals surface area contributed by atoms with Crippen molar-refractivity contribution in [3.8, 4) is 0 Å². The highest BCUT2D eigenvalue weighted by Gasteiger charge is 2.43. The molecule has 0 spiro atoms. The molecule has 17 nitrogen and oxygen atoms in total. The molecule has 3 aliphatic heterocycles. The molecule has 0 unspecified atom stereocenters. The number of imide groups is 1. The van der Waals surface area contributed by atoms with Gasteiger partial charge in [-0.1, -0.05) is 61.9 Å². The van der Waals surface area contributed by atoms with E-state index in [1.54, 1.807) is 29.0 Å². The van der Waals surface area contributed by atoms with Crippen molar-refractivity contribution in [1.82, 2.24) is 5.06 Å². The Morgan fingerprint density at radius 2 is 1.59 bits per heavy atom. The highest BCUT2D eigenvalue weighted by atomic mass is 35.5. The quantitative estimate of drug-likeness (QED) is 0.0753. The van der Waals surface area contributed by atoms with Crippen molar-refractivity contribution in [3.05, 3.63) is 112 Å². The lowest BCUT2D eigenvalue weighted by Crippen LogP contribution is -2.36. The predicted molar refractivity (Wildman–Crippen MR) is 236 cm³/mol. The summed E-state index contributed by atoms with van der Waals surface area (Å²) in [6, 6.07) is 13.2. The van der Waals surface area contributed by atoms with Gasteiger partial charge in [0.1, 0.15) is 6.20 Å². The Balaban J connectivity index is 1.39. The first kappa shape index (κ1) is 48.4. The van der Waals surface area contributed by atoms with E-state index in [1.165, 1.54) is 18.2 Å². The molecule has 0 bridgehead atoms. The number of aromatic nitrogens is 1. The summed E-state index contributed by atoms with van der Waals surface area (Å²) < 4.78 is 103. The van der Waals surface area contributed by atoms with Gasteiger partial charge in [-0.05, 0) is 96.8 Å². The van der Waals surface area contributed by atoms with Crippen molar-refractivity contribution in [3.63, 3.8) is 0 Å². The molecule has 6 rings (SSSR count). The van der Waals surface area contributed by atoms with Gasteiger partial charge in [0.25, 0.3) is 32.1 Å². The highest BCUT2D eigenvalue weighted by Crippen LogP contribution is 2.49. The summed E-state index contributed by atoms with van der Waals surface area (Å²) in [5, 5.41) is 0.890. The molecular weight excluding hydrogens is 912 g/mol. The van der Waals surface area contributed by atoms with Crippen LogP contribution in [0.25, 0.3) is 5.57 Å². The number of carbonyl (C=O) groups is 3. The number of nitrogens with zero attached hydrogens (tertiary/aromatic N) is 4. The molecule has 2 N–H and O–H groups in total. The Kier molecular flexibility index (Phi) is 13.9. The summed E-state index contributed by atoms with van der Waals surface area (Å²) >= 11 is 6.51. The maximum absolute atomic E-state index is 12.5. The molecule has 0 radical (unpaired) electrons. The Hall–Kier alpha value is -5.09. The third-order valence-electron chi connectivity index (χ3n) is 11.3. The minimum Gasteiger partial charge on any atom is -0.748 e. The van der Waals surface area contributed by atoms with Crippen LogP contribution in [-0.2, 0) is 73.4 Å². The fourth-order valence-electron chi connectivity index (χ4n) is 7.87.